The minimum absolute atomic E-state index is 0.00232. The van der Waals surface area contributed by atoms with Gasteiger partial charge in [-0.05, 0) is 42.2 Å². The highest BCUT2D eigenvalue weighted by atomic mass is 19.4. The fourth-order valence-corrected chi connectivity index (χ4v) is 3.56. The molecule has 26 heavy (non-hydrogen) atoms. The fourth-order valence-electron chi connectivity index (χ4n) is 3.56. The van der Waals surface area contributed by atoms with E-state index in [0.29, 0.717) is 11.8 Å². The van der Waals surface area contributed by atoms with Crippen LogP contribution < -0.4 is 5.43 Å². The van der Waals surface area contributed by atoms with Crippen molar-refractivity contribution < 1.29 is 18.0 Å². The van der Waals surface area contributed by atoms with Crippen LogP contribution in [-0.4, -0.2) is 23.6 Å². The van der Waals surface area contributed by atoms with E-state index >= 15 is 0 Å². The number of halogens is 3. The number of rotatable bonds is 4. The third kappa shape index (κ3) is 3.43. The van der Waals surface area contributed by atoms with Crippen LogP contribution in [0.25, 0.3) is 10.8 Å². The van der Waals surface area contributed by atoms with Gasteiger partial charge in [-0.2, -0.15) is 13.2 Å². The molecule has 1 fully saturated rings. The molecule has 0 aromatic heterocycles. The smallest absolute Gasteiger partial charge is 0.287 e. The maximum absolute atomic E-state index is 14.1. The Hall–Kier alpha value is -2.08. The maximum Gasteiger partial charge on any atom is 0.409 e. The molecule has 2 aromatic rings. The highest BCUT2D eigenvalue weighted by Gasteiger charge is 2.51. The van der Waals surface area contributed by atoms with Crippen LogP contribution in [0.1, 0.15) is 44.4 Å². The van der Waals surface area contributed by atoms with Crippen molar-refractivity contribution >= 4 is 16.7 Å². The third-order valence-electron chi connectivity index (χ3n) is 4.83. The zero-order valence-electron chi connectivity index (χ0n) is 15.2. The van der Waals surface area contributed by atoms with Crippen molar-refractivity contribution in [1.82, 2.24) is 10.4 Å². The lowest BCUT2D eigenvalue weighted by Gasteiger charge is -2.31. The average Bonchev–Trinajstić information content (AvgIpc) is 2.79. The van der Waals surface area contributed by atoms with Gasteiger partial charge in [0.15, 0.2) is 6.04 Å². The van der Waals surface area contributed by atoms with Gasteiger partial charge >= 0.3 is 6.18 Å². The van der Waals surface area contributed by atoms with Gasteiger partial charge in [-0.3, -0.25) is 10.2 Å². The number of nitrogens with one attached hydrogen (secondary N) is 1. The molecule has 1 aliphatic heterocycles. The Bertz CT molecular complexity index is 829. The molecule has 0 aliphatic carbocycles. The van der Waals surface area contributed by atoms with Gasteiger partial charge in [0.05, 0.1) is 5.41 Å². The van der Waals surface area contributed by atoms with Gasteiger partial charge in [-0.15, -0.1) is 0 Å². The molecule has 0 bridgehead atoms. The van der Waals surface area contributed by atoms with Crippen molar-refractivity contribution in [2.45, 2.75) is 45.8 Å². The summed E-state index contributed by atoms with van der Waals surface area (Å²) >= 11 is 0. The van der Waals surface area contributed by atoms with E-state index in [-0.39, 0.29) is 18.0 Å². The van der Waals surface area contributed by atoms with E-state index in [1.54, 1.807) is 32.0 Å². The first-order valence-corrected chi connectivity index (χ1v) is 8.79. The van der Waals surface area contributed by atoms with Crippen molar-refractivity contribution in [1.29, 1.82) is 0 Å². The largest absolute Gasteiger partial charge is 0.409 e. The second kappa shape index (κ2) is 6.58. The monoisotopic (exact) mass is 364 g/mol. The molecule has 1 atom stereocenters. The molecule has 140 valence electrons. The summed E-state index contributed by atoms with van der Waals surface area (Å²) in [7, 11) is 0. The summed E-state index contributed by atoms with van der Waals surface area (Å²) in [6.45, 7) is 5.31. The van der Waals surface area contributed by atoms with Gasteiger partial charge in [-0.25, -0.2) is 5.01 Å². The Morgan fingerprint density at radius 3 is 2.50 bits per heavy atom. The number of hydrogen-bond donors (Lipinski definition) is 1. The summed E-state index contributed by atoms with van der Waals surface area (Å²) in [5, 5.41) is 2.39. The average molecular weight is 364 g/mol. The lowest BCUT2D eigenvalue weighted by molar-refractivity contribution is -0.191. The summed E-state index contributed by atoms with van der Waals surface area (Å²) in [6.07, 6.45) is -2.95. The molecular weight excluding hydrogens is 341 g/mol. The molecule has 1 N–H and O–H groups in total. The predicted molar refractivity (Wildman–Crippen MR) is 95.4 cm³/mol. The Morgan fingerprint density at radius 1 is 1.23 bits per heavy atom. The molecule has 3 rings (SSSR count). The Morgan fingerprint density at radius 2 is 1.92 bits per heavy atom. The van der Waals surface area contributed by atoms with E-state index in [1.807, 2.05) is 25.1 Å². The number of hydrazine groups is 1. The molecule has 1 heterocycles. The van der Waals surface area contributed by atoms with Crippen LogP contribution in [0.15, 0.2) is 36.4 Å². The van der Waals surface area contributed by atoms with Crippen molar-refractivity contribution in [2.75, 3.05) is 6.54 Å². The van der Waals surface area contributed by atoms with Crippen molar-refractivity contribution in [3.05, 3.63) is 47.5 Å². The van der Waals surface area contributed by atoms with Gasteiger partial charge in [0, 0.05) is 6.54 Å². The quantitative estimate of drug-likeness (QED) is 0.848. The van der Waals surface area contributed by atoms with Crippen molar-refractivity contribution in [3.8, 4) is 0 Å². The SMILES string of the molecule is CCCc1cc([C@H](N2CC(C)(C)C(=O)N2)C(F)(F)F)c2ccccc2c1. The van der Waals surface area contributed by atoms with Crippen molar-refractivity contribution in [2.24, 2.45) is 5.41 Å². The minimum Gasteiger partial charge on any atom is -0.287 e. The molecule has 0 radical (unpaired) electrons. The molecule has 0 spiro atoms. The molecule has 1 aliphatic rings. The highest BCUT2D eigenvalue weighted by molar-refractivity contribution is 5.87. The van der Waals surface area contributed by atoms with Crippen LogP contribution in [0.4, 0.5) is 13.2 Å². The normalized spacial score (nSPS) is 18.9. The fraction of sp³-hybridized carbons (Fsp3) is 0.450. The summed E-state index contributed by atoms with van der Waals surface area (Å²) in [5.41, 5.74) is 2.65. The Labute approximate surface area is 151 Å². The molecule has 0 unspecified atom stereocenters. The molecular formula is C20H23F3N2O. The zero-order valence-corrected chi connectivity index (χ0v) is 15.2. The van der Waals surface area contributed by atoms with E-state index in [9.17, 15) is 18.0 Å². The van der Waals surface area contributed by atoms with E-state index in [1.165, 1.54) is 0 Å². The summed E-state index contributed by atoms with van der Waals surface area (Å²) < 4.78 is 42.3. The predicted octanol–water partition coefficient (Wildman–Crippen LogP) is 4.77. The topological polar surface area (TPSA) is 32.3 Å². The summed E-state index contributed by atoms with van der Waals surface area (Å²) in [4.78, 5) is 12.1. The highest BCUT2D eigenvalue weighted by Crippen LogP contribution is 2.43. The lowest BCUT2D eigenvalue weighted by Crippen LogP contribution is -2.43. The lowest BCUT2D eigenvalue weighted by atomic mass is 9.91. The second-order valence-electron chi connectivity index (χ2n) is 7.55. The van der Waals surface area contributed by atoms with E-state index in [2.05, 4.69) is 5.43 Å². The van der Waals surface area contributed by atoms with Crippen LogP contribution in [0, 0.1) is 5.41 Å². The van der Waals surface area contributed by atoms with E-state index in [4.69, 9.17) is 0 Å². The molecule has 1 amide bonds. The standard InChI is InChI=1S/C20H23F3N2O/c1-4-7-13-10-14-8-5-6-9-15(14)16(11-13)17(20(21,22)23)25-12-19(2,3)18(26)24-25/h5-6,8-11,17H,4,7,12H2,1-3H3,(H,24,26)/t17-/m0/s1. The first-order valence-electron chi connectivity index (χ1n) is 8.79. The number of carbonyl (C=O) groups excluding carboxylic acids is 1. The number of amides is 1. The van der Waals surface area contributed by atoms with Gasteiger partial charge in [-0.1, -0.05) is 49.7 Å². The number of carbonyl (C=O) groups is 1. The molecule has 0 saturated carbocycles. The molecule has 1 saturated heterocycles. The number of alkyl halides is 3. The van der Waals surface area contributed by atoms with Gasteiger partial charge < -0.3 is 0 Å². The first kappa shape index (κ1) is 18.7. The van der Waals surface area contributed by atoms with Crippen LogP contribution in [0.5, 0.6) is 0 Å². The number of aryl methyl sites for hydroxylation is 1. The molecule has 2 aromatic carbocycles. The van der Waals surface area contributed by atoms with Crippen LogP contribution in [-0.2, 0) is 11.2 Å². The third-order valence-corrected chi connectivity index (χ3v) is 4.83. The van der Waals surface area contributed by atoms with Crippen LogP contribution in [0.2, 0.25) is 0 Å². The van der Waals surface area contributed by atoms with E-state index < -0.39 is 17.6 Å². The number of fused-ring (bicyclic) bond motifs is 1. The van der Waals surface area contributed by atoms with Crippen molar-refractivity contribution in [3.63, 3.8) is 0 Å². The summed E-state index contributed by atoms with van der Waals surface area (Å²) in [5.74, 6) is -0.388. The van der Waals surface area contributed by atoms with Gasteiger partial charge in [0.25, 0.3) is 0 Å². The first-order chi connectivity index (χ1) is 12.1. The zero-order chi connectivity index (χ0) is 19.1. The number of nitrogens with zero attached hydrogens (tertiary/aromatic N) is 1. The maximum atomic E-state index is 14.1. The second-order valence-corrected chi connectivity index (χ2v) is 7.55. The van der Waals surface area contributed by atoms with Crippen LogP contribution in [0.3, 0.4) is 0 Å². The number of benzene rings is 2. The van der Waals surface area contributed by atoms with Crippen LogP contribution >= 0.6 is 0 Å². The summed E-state index contributed by atoms with van der Waals surface area (Å²) in [6, 6.07) is 8.82. The minimum atomic E-state index is -4.51. The Balaban J connectivity index is 2.17. The molecule has 3 nitrogen and oxygen atoms in total. The number of hydrogen-bond acceptors (Lipinski definition) is 2. The Kier molecular flexibility index (Phi) is 4.73. The van der Waals surface area contributed by atoms with E-state index in [0.717, 1.165) is 22.4 Å². The van der Waals surface area contributed by atoms with Gasteiger partial charge in [0.1, 0.15) is 0 Å². The van der Waals surface area contributed by atoms with Gasteiger partial charge in [0.2, 0.25) is 5.91 Å². The molecule has 6 heteroatoms.